The topological polar surface area (TPSA) is 55.9 Å². The average molecular weight is 417 g/mol. The number of piperidine rings is 1. The lowest BCUT2D eigenvalue weighted by molar-refractivity contribution is -0.136. The Labute approximate surface area is 178 Å². The van der Waals surface area contributed by atoms with Crippen molar-refractivity contribution in [2.75, 3.05) is 44.2 Å². The van der Waals surface area contributed by atoms with Gasteiger partial charge < -0.3 is 15.1 Å². The van der Waals surface area contributed by atoms with Gasteiger partial charge in [-0.25, -0.2) is 4.39 Å². The van der Waals surface area contributed by atoms with Gasteiger partial charge in [-0.3, -0.25) is 14.5 Å². The van der Waals surface area contributed by atoms with Crippen molar-refractivity contribution in [1.29, 1.82) is 0 Å². The Bertz CT molecular complexity index is 776. The molecular formula is C23H33FN4O2. The van der Waals surface area contributed by atoms with Crippen LogP contribution < -0.4 is 10.2 Å². The summed E-state index contributed by atoms with van der Waals surface area (Å²) in [7, 11) is 0. The highest BCUT2D eigenvalue weighted by atomic mass is 19.1. The average Bonchev–Trinajstić information content (AvgIpc) is 3.02. The van der Waals surface area contributed by atoms with Crippen LogP contribution in [-0.2, 0) is 9.59 Å². The van der Waals surface area contributed by atoms with Gasteiger partial charge >= 0.3 is 0 Å². The van der Waals surface area contributed by atoms with Crippen LogP contribution in [0.5, 0.6) is 0 Å². The molecule has 3 saturated heterocycles. The molecule has 3 aliphatic rings. The minimum atomic E-state index is -0.273. The quantitative estimate of drug-likeness (QED) is 0.818. The molecule has 4 rings (SSSR count). The molecule has 3 aliphatic heterocycles. The molecule has 3 heterocycles. The lowest BCUT2D eigenvalue weighted by atomic mass is 9.75. The van der Waals surface area contributed by atoms with E-state index in [4.69, 9.17) is 0 Å². The summed E-state index contributed by atoms with van der Waals surface area (Å²) in [4.78, 5) is 30.9. The number of halogens is 1. The summed E-state index contributed by atoms with van der Waals surface area (Å²) in [5, 5.41) is 3.23. The zero-order chi connectivity index (χ0) is 21.3. The van der Waals surface area contributed by atoms with Gasteiger partial charge in [0, 0.05) is 64.0 Å². The number of benzene rings is 1. The molecule has 0 aromatic heterocycles. The Kier molecular flexibility index (Phi) is 6.00. The van der Waals surface area contributed by atoms with E-state index in [1.54, 1.807) is 6.92 Å². The molecule has 6 nitrogen and oxygen atoms in total. The fraction of sp³-hybridized carbons (Fsp3) is 0.652. The molecule has 0 unspecified atom stereocenters. The monoisotopic (exact) mass is 416 g/mol. The van der Waals surface area contributed by atoms with Gasteiger partial charge in [-0.1, -0.05) is 0 Å². The number of amides is 2. The fourth-order valence-electron chi connectivity index (χ4n) is 5.40. The number of rotatable bonds is 4. The number of carbonyl (C=O) groups is 2. The van der Waals surface area contributed by atoms with E-state index >= 15 is 0 Å². The minimum absolute atomic E-state index is 0.105. The predicted molar refractivity (Wildman–Crippen MR) is 115 cm³/mol. The van der Waals surface area contributed by atoms with E-state index in [0.717, 1.165) is 57.5 Å². The van der Waals surface area contributed by atoms with E-state index in [1.807, 2.05) is 17.0 Å². The number of likely N-dealkylation sites (tertiary alicyclic amines) is 1. The van der Waals surface area contributed by atoms with E-state index in [2.05, 4.69) is 22.0 Å². The first-order valence-corrected chi connectivity index (χ1v) is 11.2. The summed E-state index contributed by atoms with van der Waals surface area (Å²) in [5.74, 6) is 0.0901. The van der Waals surface area contributed by atoms with Crippen LogP contribution in [0.25, 0.3) is 0 Å². The SMILES string of the molecule is CC(=O)N1CCC2(CC1)C[C@H](CCN1CCN(c3ccc(F)cc3)[C@H](C)C1)NC2=O. The van der Waals surface area contributed by atoms with Crippen molar-refractivity contribution in [3.05, 3.63) is 30.1 Å². The predicted octanol–water partition coefficient (Wildman–Crippen LogP) is 2.24. The van der Waals surface area contributed by atoms with Gasteiger partial charge in [0.25, 0.3) is 0 Å². The molecule has 7 heteroatoms. The van der Waals surface area contributed by atoms with Gasteiger partial charge in [0.1, 0.15) is 5.82 Å². The first kappa shape index (κ1) is 21.1. The molecule has 0 saturated carbocycles. The van der Waals surface area contributed by atoms with Crippen LogP contribution in [0.2, 0.25) is 0 Å². The lowest BCUT2D eigenvalue weighted by Crippen LogP contribution is -2.52. The Balaban J connectivity index is 1.25. The zero-order valence-corrected chi connectivity index (χ0v) is 18.1. The van der Waals surface area contributed by atoms with Crippen LogP contribution in [0.1, 0.15) is 39.5 Å². The molecule has 1 aromatic rings. The van der Waals surface area contributed by atoms with Gasteiger partial charge in [0.15, 0.2) is 0 Å². The third-order valence-electron chi connectivity index (χ3n) is 7.28. The number of nitrogens with one attached hydrogen (secondary N) is 1. The van der Waals surface area contributed by atoms with Crippen LogP contribution in [0, 0.1) is 11.2 Å². The smallest absolute Gasteiger partial charge is 0.226 e. The molecule has 2 amide bonds. The third kappa shape index (κ3) is 4.31. The van der Waals surface area contributed by atoms with Crippen molar-refractivity contribution < 1.29 is 14.0 Å². The second-order valence-corrected chi connectivity index (χ2v) is 9.27. The number of hydrogen-bond donors (Lipinski definition) is 1. The Morgan fingerprint density at radius 2 is 1.87 bits per heavy atom. The van der Waals surface area contributed by atoms with E-state index < -0.39 is 0 Å². The molecule has 0 bridgehead atoms. The first-order chi connectivity index (χ1) is 14.4. The fourth-order valence-corrected chi connectivity index (χ4v) is 5.40. The van der Waals surface area contributed by atoms with Crippen molar-refractivity contribution in [3.8, 4) is 0 Å². The second-order valence-electron chi connectivity index (χ2n) is 9.27. The Morgan fingerprint density at radius 1 is 1.17 bits per heavy atom. The molecule has 3 fully saturated rings. The number of hydrogen-bond acceptors (Lipinski definition) is 4. The van der Waals surface area contributed by atoms with E-state index in [9.17, 15) is 14.0 Å². The lowest BCUT2D eigenvalue weighted by Gasteiger charge is -2.41. The van der Waals surface area contributed by atoms with Crippen molar-refractivity contribution in [2.45, 2.75) is 51.6 Å². The molecule has 0 aliphatic carbocycles. The maximum absolute atomic E-state index is 13.2. The minimum Gasteiger partial charge on any atom is -0.366 e. The second kappa shape index (κ2) is 8.53. The van der Waals surface area contributed by atoms with Crippen LogP contribution in [0.3, 0.4) is 0 Å². The van der Waals surface area contributed by atoms with Crippen molar-refractivity contribution in [1.82, 2.24) is 15.1 Å². The maximum atomic E-state index is 13.2. The van der Waals surface area contributed by atoms with E-state index in [0.29, 0.717) is 19.1 Å². The Morgan fingerprint density at radius 3 is 2.50 bits per heavy atom. The highest BCUT2D eigenvalue weighted by molar-refractivity contribution is 5.85. The molecule has 2 atom stereocenters. The molecule has 1 spiro atoms. The van der Waals surface area contributed by atoms with Crippen LogP contribution >= 0.6 is 0 Å². The van der Waals surface area contributed by atoms with Gasteiger partial charge in [-0.2, -0.15) is 0 Å². The highest BCUT2D eigenvalue weighted by Gasteiger charge is 2.48. The molecule has 1 N–H and O–H groups in total. The summed E-state index contributed by atoms with van der Waals surface area (Å²) < 4.78 is 13.2. The largest absolute Gasteiger partial charge is 0.366 e. The molecular weight excluding hydrogens is 383 g/mol. The summed E-state index contributed by atoms with van der Waals surface area (Å²) in [6, 6.07) is 7.34. The number of anilines is 1. The zero-order valence-electron chi connectivity index (χ0n) is 18.1. The van der Waals surface area contributed by atoms with Gasteiger partial charge in [-0.05, 0) is 56.9 Å². The third-order valence-corrected chi connectivity index (χ3v) is 7.28. The number of nitrogens with zero attached hydrogens (tertiary/aromatic N) is 3. The maximum Gasteiger partial charge on any atom is 0.226 e. The van der Waals surface area contributed by atoms with Crippen LogP contribution in [0.4, 0.5) is 10.1 Å². The number of piperazine rings is 1. The van der Waals surface area contributed by atoms with Crippen molar-refractivity contribution in [2.24, 2.45) is 5.41 Å². The summed E-state index contributed by atoms with van der Waals surface area (Å²) in [5.41, 5.74) is 0.802. The van der Waals surface area contributed by atoms with Crippen LogP contribution in [-0.4, -0.2) is 73.0 Å². The molecule has 0 radical (unpaired) electrons. The molecule has 30 heavy (non-hydrogen) atoms. The standard InChI is InChI=1S/C23H33FN4O2/c1-17-16-26(13-14-28(17)21-5-3-19(24)4-6-21)10-7-20-15-23(22(30)25-20)8-11-27(12-9-23)18(2)29/h3-6,17,20H,7-16H2,1-2H3,(H,25,30)/t17-,20+/m1/s1. The Hall–Kier alpha value is -2.15. The van der Waals surface area contributed by atoms with E-state index in [-0.39, 0.29) is 29.1 Å². The summed E-state index contributed by atoms with van der Waals surface area (Å²) >= 11 is 0. The molecule has 1 aromatic carbocycles. The van der Waals surface area contributed by atoms with Gasteiger partial charge in [0.2, 0.25) is 11.8 Å². The summed E-state index contributed by atoms with van der Waals surface area (Å²) in [6.07, 6.45) is 3.42. The molecule has 164 valence electrons. The van der Waals surface area contributed by atoms with Crippen molar-refractivity contribution in [3.63, 3.8) is 0 Å². The number of carbonyl (C=O) groups excluding carboxylic acids is 2. The normalized spacial score (nSPS) is 26.8. The van der Waals surface area contributed by atoms with E-state index in [1.165, 1.54) is 12.1 Å². The first-order valence-electron chi connectivity index (χ1n) is 11.2. The van der Waals surface area contributed by atoms with Gasteiger partial charge in [-0.15, -0.1) is 0 Å². The highest BCUT2D eigenvalue weighted by Crippen LogP contribution is 2.41. The summed E-state index contributed by atoms with van der Waals surface area (Å²) in [6.45, 7) is 9.04. The van der Waals surface area contributed by atoms with Gasteiger partial charge in [0.05, 0.1) is 5.41 Å². The van der Waals surface area contributed by atoms with Crippen molar-refractivity contribution >= 4 is 17.5 Å². The van der Waals surface area contributed by atoms with Crippen LogP contribution in [0.15, 0.2) is 24.3 Å².